The largest absolute Gasteiger partial charge is 0.508 e. The van der Waals surface area contributed by atoms with Crippen LogP contribution in [0.3, 0.4) is 0 Å². The molecule has 0 radical (unpaired) electrons. The highest BCUT2D eigenvalue weighted by Gasteiger charge is 2.25. The average molecular weight is 372 g/mol. The fourth-order valence-corrected chi connectivity index (χ4v) is 2.30. The number of hydrogen-bond acceptors (Lipinski definition) is 5. The molecule has 0 heterocycles. The molecular weight excluding hydrogens is 348 g/mol. The lowest BCUT2D eigenvalue weighted by molar-refractivity contribution is -0.123. The number of amides is 2. The van der Waals surface area contributed by atoms with Gasteiger partial charge in [0.1, 0.15) is 23.1 Å². The van der Waals surface area contributed by atoms with Gasteiger partial charge in [0, 0.05) is 6.54 Å². The molecule has 4 N–H and O–H groups in total. The van der Waals surface area contributed by atoms with Crippen LogP contribution in [-0.4, -0.2) is 27.8 Å². The van der Waals surface area contributed by atoms with E-state index in [0.29, 0.717) is 5.56 Å². The van der Waals surface area contributed by atoms with Gasteiger partial charge in [-0.2, -0.15) is 0 Å². The molecule has 144 valence electrons. The Morgan fingerprint density at radius 2 is 1.48 bits per heavy atom. The maximum atomic E-state index is 12.7. The molecule has 0 saturated carbocycles. The molecule has 2 aromatic rings. The molecule has 0 bridgehead atoms. The van der Waals surface area contributed by atoms with Gasteiger partial charge in [0.2, 0.25) is 5.91 Å². The summed E-state index contributed by atoms with van der Waals surface area (Å²) < 4.78 is 5.23. The first-order valence-corrected chi connectivity index (χ1v) is 8.48. The Bertz CT molecular complexity index is 780. The lowest BCUT2D eigenvalue weighted by atomic mass is 10.1. The van der Waals surface area contributed by atoms with E-state index in [-0.39, 0.29) is 18.0 Å². The SMILES string of the molecule is CC(C)(C)OC(=O)N[C@H](C(=O)NCc1ccc(O)cc1)c1ccc(O)cc1. The van der Waals surface area contributed by atoms with Gasteiger partial charge in [-0.25, -0.2) is 4.79 Å². The van der Waals surface area contributed by atoms with Crippen LogP contribution in [0.25, 0.3) is 0 Å². The van der Waals surface area contributed by atoms with E-state index in [1.54, 1.807) is 45.0 Å². The minimum Gasteiger partial charge on any atom is -0.508 e. The molecule has 0 unspecified atom stereocenters. The molecule has 0 saturated heterocycles. The number of alkyl carbamates (subject to hydrolysis) is 1. The predicted molar refractivity (Wildman–Crippen MR) is 100 cm³/mol. The molecule has 0 aliphatic carbocycles. The van der Waals surface area contributed by atoms with E-state index in [1.165, 1.54) is 24.3 Å². The number of aromatic hydroxyl groups is 2. The van der Waals surface area contributed by atoms with Crippen LogP contribution in [0.4, 0.5) is 4.79 Å². The zero-order valence-electron chi connectivity index (χ0n) is 15.5. The summed E-state index contributed by atoms with van der Waals surface area (Å²) in [7, 11) is 0. The van der Waals surface area contributed by atoms with Crippen molar-refractivity contribution >= 4 is 12.0 Å². The van der Waals surface area contributed by atoms with Crippen molar-refractivity contribution in [3.63, 3.8) is 0 Å². The van der Waals surface area contributed by atoms with Crippen molar-refractivity contribution < 1.29 is 24.5 Å². The van der Waals surface area contributed by atoms with Gasteiger partial charge in [-0.3, -0.25) is 4.79 Å². The normalized spacial score (nSPS) is 12.1. The monoisotopic (exact) mass is 372 g/mol. The summed E-state index contributed by atoms with van der Waals surface area (Å²) in [6.07, 6.45) is -0.722. The Labute approximate surface area is 158 Å². The molecule has 0 aromatic heterocycles. The zero-order chi connectivity index (χ0) is 20.0. The van der Waals surface area contributed by atoms with E-state index in [9.17, 15) is 19.8 Å². The van der Waals surface area contributed by atoms with E-state index in [1.807, 2.05) is 0 Å². The van der Waals surface area contributed by atoms with Crippen LogP contribution in [-0.2, 0) is 16.1 Å². The predicted octanol–water partition coefficient (Wildman–Crippen LogP) is 2.98. The van der Waals surface area contributed by atoms with Gasteiger partial charge in [0.05, 0.1) is 0 Å². The molecule has 0 aliphatic rings. The van der Waals surface area contributed by atoms with Crippen LogP contribution in [0.2, 0.25) is 0 Å². The van der Waals surface area contributed by atoms with Gasteiger partial charge in [0.15, 0.2) is 0 Å². The third kappa shape index (κ3) is 6.54. The number of carbonyl (C=O) groups is 2. The fourth-order valence-electron chi connectivity index (χ4n) is 2.30. The van der Waals surface area contributed by atoms with E-state index in [0.717, 1.165) is 5.56 Å². The highest BCUT2D eigenvalue weighted by atomic mass is 16.6. The molecule has 0 spiro atoms. The number of benzene rings is 2. The van der Waals surface area contributed by atoms with E-state index in [2.05, 4.69) is 10.6 Å². The standard InChI is InChI=1S/C20H24N2O5/c1-20(2,3)27-19(26)22-17(14-6-10-16(24)11-7-14)18(25)21-12-13-4-8-15(23)9-5-13/h4-11,17,23-24H,12H2,1-3H3,(H,21,25)(H,22,26)/t17-/m0/s1. The first-order chi connectivity index (χ1) is 12.6. The van der Waals surface area contributed by atoms with Gasteiger partial charge in [0.25, 0.3) is 0 Å². The van der Waals surface area contributed by atoms with Crippen LogP contribution in [0, 0.1) is 0 Å². The van der Waals surface area contributed by atoms with Crippen LogP contribution in [0.5, 0.6) is 11.5 Å². The van der Waals surface area contributed by atoms with E-state index < -0.39 is 23.6 Å². The summed E-state index contributed by atoms with van der Waals surface area (Å²) in [5.41, 5.74) is 0.594. The molecule has 0 aliphatic heterocycles. The van der Waals surface area contributed by atoms with Crippen molar-refractivity contribution in [3.05, 3.63) is 59.7 Å². The fraction of sp³-hybridized carbons (Fsp3) is 0.300. The Kier molecular flexibility index (Phi) is 6.28. The summed E-state index contributed by atoms with van der Waals surface area (Å²) in [4.78, 5) is 24.8. The number of phenolic OH excluding ortho intramolecular Hbond substituents is 2. The number of carbonyl (C=O) groups excluding carboxylic acids is 2. The number of phenols is 2. The highest BCUT2D eigenvalue weighted by Crippen LogP contribution is 2.19. The lowest BCUT2D eigenvalue weighted by Crippen LogP contribution is -2.42. The third-order valence-electron chi connectivity index (χ3n) is 3.55. The van der Waals surface area contributed by atoms with Crippen LogP contribution >= 0.6 is 0 Å². The number of hydrogen-bond donors (Lipinski definition) is 4. The summed E-state index contributed by atoms with van der Waals surface area (Å²) in [6.45, 7) is 5.41. The molecular formula is C20H24N2O5. The summed E-state index contributed by atoms with van der Waals surface area (Å²) in [6, 6.07) is 11.4. The highest BCUT2D eigenvalue weighted by molar-refractivity contribution is 5.87. The molecule has 2 amide bonds. The molecule has 27 heavy (non-hydrogen) atoms. The van der Waals surface area contributed by atoms with Crippen LogP contribution in [0.15, 0.2) is 48.5 Å². The van der Waals surface area contributed by atoms with Crippen molar-refractivity contribution in [1.29, 1.82) is 0 Å². The molecule has 7 nitrogen and oxygen atoms in total. The van der Waals surface area contributed by atoms with Crippen molar-refractivity contribution in [2.45, 2.75) is 39.0 Å². The zero-order valence-corrected chi connectivity index (χ0v) is 15.5. The maximum Gasteiger partial charge on any atom is 0.408 e. The van der Waals surface area contributed by atoms with Gasteiger partial charge >= 0.3 is 6.09 Å². The topological polar surface area (TPSA) is 108 Å². The smallest absolute Gasteiger partial charge is 0.408 e. The number of ether oxygens (including phenoxy) is 1. The Morgan fingerprint density at radius 3 is 2.00 bits per heavy atom. The summed E-state index contributed by atoms with van der Waals surface area (Å²) in [5.74, 6) is -0.238. The summed E-state index contributed by atoms with van der Waals surface area (Å²) >= 11 is 0. The van der Waals surface area contributed by atoms with E-state index in [4.69, 9.17) is 4.74 Å². The van der Waals surface area contributed by atoms with Crippen LogP contribution in [0.1, 0.15) is 37.9 Å². The van der Waals surface area contributed by atoms with Gasteiger partial charge < -0.3 is 25.6 Å². The quantitative estimate of drug-likeness (QED) is 0.645. The second-order valence-corrected chi connectivity index (χ2v) is 7.06. The average Bonchev–Trinajstić information content (AvgIpc) is 2.58. The molecule has 0 fully saturated rings. The van der Waals surface area contributed by atoms with Crippen molar-refractivity contribution in [2.75, 3.05) is 0 Å². The lowest BCUT2D eigenvalue weighted by Gasteiger charge is -2.23. The minimum absolute atomic E-state index is 0.0549. The van der Waals surface area contributed by atoms with Gasteiger partial charge in [-0.15, -0.1) is 0 Å². The molecule has 2 rings (SSSR count). The Hall–Kier alpha value is -3.22. The van der Waals surface area contributed by atoms with Crippen molar-refractivity contribution in [2.24, 2.45) is 0 Å². The molecule has 2 aromatic carbocycles. The Morgan fingerprint density at radius 1 is 0.963 bits per heavy atom. The first-order valence-electron chi connectivity index (χ1n) is 8.48. The summed E-state index contributed by atoms with van der Waals surface area (Å²) in [5, 5.41) is 24.1. The third-order valence-corrected chi connectivity index (χ3v) is 3.55. The van der Waals surface area contributed by atoms with Crippen LogP contribution < -0.4 is 10.6 Å². The number of nitrogens with one attached hydrogen (secondary N) is 2. The van der Waals surface area contributed by atoms with Crippen molar-refractivity contribution in [1.82, 2.24) is 10.6 Å². The van der Waals surface area contributed by atoms with Gasteiger partial charge in [-0.1, -0.05) is 24.3 Å². The van der Waals surface area contributed by atoms with Crippen molar-refractivity contribution in [3.8, 4) is 11.5 Å². The van der Waals surface area contributed by atoms with Gasteiger partial charge in [-0.05, 0) is 56.2 Å². The van der Waals surface area contributed by atoms with E-state index >= 15 is 0 Å². The number of rotatable bonds is 5. The first kappa shape index (κ1) is 20.1. The molecule has 7 heteroatoms. The Balaban J connectivity index is 2.12. The maximum absolute atomic E-state index is 12.7. The second kappa shape index (κ2) is 8.44. The molecule has 1 atom stereocenters. The second-order valence-electron chi connectivity index (χ2n) is 7.06. The minimum atomic E-state index is -0.988.